The first-order valence-electron chi connectivity index (χ1n) is 8.20. The number of aromatic nitrogens is 4. The van der Waals surface area contributed by atoms with Crippen LogP contribution >= 0.6 is 0 Å². The molecule has 2 N–H and O–H groups in total. The molecule has 0 bridgehead atoms. The molecule has 128 valence electrons. The summed E-state index contributed by atoms with van der Waals surface area (Å²) in [5.74, 6) is -0.222. The molecule has 0 atom stereocenters. The summed E-state index contributed by atoms with van der Waals surface area (Å²) < 4.78 is 3.03. The van der Waals surface area contributed by atoms with Gasteiger partial charge in [-0.15, -0.1) is 0 Å². The van der Waals surface area contributed by atoms with E-state index in [0.29, 0.717) is 22.6 Å². The minimum absolute atomic E-state index is 0.222. The van der Waals surface area contributed by atoms with Crippen molar-refractivity contribution in [1.29, 1.82) is 0 Å². The Hall–Kier alpha value is -3.67. The number of carbonyl (C=O) groups excluding carboxylic acids is 1. The van der Waals surface area contributed by atoms with Crippen molar-refractivity contribution in [1.82, 2.24) is 19.6 Å². The zero-order valence-electron chi connectivity index (χ0n) is 14.2. The van der Waals surface area contributed by atoms with Gasteiger partial charge in [0.15, 0.2) is 0 Å². The van der Waals surface area contributed by atoms with E-state index in [2.05, 4.69) is 10.2 Å². The lowest BCUT2D eigenvalue weighted by Crippen LogP contribution is -2.13. The average molecular weight is 343 g/mol. The van der Waals surface area contributed by atoms with Crippen LogP contribution in [0.3, 0.4) is 0 Å². The maximum atomic E-state index is 12.8. The number of anilines is 1. The molecule has 0 saturated heterocycles. The van der Waals surface area contributed by atoms with Crippen LogP contribution in [0.4, 0.5) is 5.69 Å². The van der Waals surface area contributed by atoms with Crippen molar-refractivity contribution in [2.75, 3.05) is 5.73 Å². The normalized spacial score (nSPS) is 10.8. The van der Waals surface area contributed by atoms with Crippen molar-refractivity contribution < 1.29 is 4.79 Å². The summed E-state index contributed by atoms with van der Waals surface area (Å²) in [6.45, 7) is 1.81. The van der Waals surface area contributed by atoms with Gasteiger partial charge in [-0.1, -0.05) is 30.3 Å². The molecule has 0 unspecified atom stereocenters. The molecule has 26 heavy (non-hydrogen) atoms. The van der Waals surface area contributed by atoms with E-state index < -0.39 is 0 Å². The number of benzene rings is 2. The van der Waals surface area contributed by atoms with Gasteiger partial charge in [-0.2, -0.15) is 10.2 Å². The second-order valence-corrected chi connectivity index (χ2v) is 5.98. The minimum Gasteiger partial charge on any atom is -0.399 e. The molecule has 0 spiro atoms. The first-order valence-corrected chi connectivity index (χ1v) is 8.20. The molecule has 0 aliphatic carbocycles. The van der Waals surface area contributed by atoms with Crippen molar-refractivity contribution in [2.24, 2.45) is 0 Å². The van der Waals surface area contributed by atoms with Crippen LogP contribution in [0.1, 0.15) is 16.1 Å². The molecule has 2 aromatic carbocycles. The molecule has 6 nitrogen and oxygen atoms in total. The molecular weight excluding hydrogens is 326 g/mol. The number of nitrogen functional groups attached to an aromatic ring is 1. The molecule has 0 saturated carbocycles. The van der Waals surface area contributed by atoms with E-state index in [0.717, 1.165) is 11.3 Å². The highest BCUT2D eigenvalue weighted by Crippen LogP contribution is 2.20. The third-order valence-electron chi connectivity index (χ3n) is 4.13. The smallest absolute Gasteiger partial charge is 0.281 e. The quantitative estimate of drug-likeness (QED) is 0.579. The fourth-order valence-corrected chi connectivity index (χ4v) is 2.80. The second-order valence-electron chi connectivity index (χ2n) is 5.98. The predicted molar refractivity (Wildman–Crippen MR) is 100 cm³/mol. The summed E-state index contributed by atoms with van der Waals surface area (Å²) >= 11 is 0. The number of carbonyl (C=O) groups is 1. The van der Waals surface area contributed by atoms with Gasteiger partial charge in [0.25, 0.3) is 5.91 Å². The number of rotatable bonds is 3. The first kappa shape index (κ1) is 15.8. The van der Waals surface area contributed by atoms with E-state index in [9.17, 15) is 4.79 Å². The standard InChI is InChI=1S/C20H17N5O/c1-14-18(13-25(22-14)17-8-3-2-4-9-17)20(26)24-11-10-19(23-24)15-6-5-7-16(21)12-15/h2-13H,21H2,1H3. The highest BCUT2D eigenvalue weighted by molar-refractivity contribution is 5.96. The third-order valence-corrected chi connectivity index (χ3v) is 4.13. The monoisotopic (exact) mass is 343 g/mol. The molecular formula is C20H17N5O. The Kier molecular flexibility index (Phi) is 3.85. The molecule has 2 aromatic heterocycles. The van der Waals surface area contributed by atoms with Gasteiger partial charge in [-0.05, 0) is 37.3 Å². The van der Waals surface area contributed by atoms with Gasteiger partial charge in [-0.3, -0.25) is 4.79 Å². The van der Waals surface area contributed by atoms with Gasteiger partial charge < -0.3 is 5.73 Å². The van der Waals surface area contributed by atoms with Crippen molar-refractivity contribution in [3.8, 4) is 16.9 Å². The summed E-state index contributed by atoms with van der Waals surface area (Å²) in [5, 5.41) is 8.84. The van der Waals surface area contributed by atoms with Crippen LogP contribution in [0.2, 0.25) is 0 Å². The van der Waals surface area contributed by atoms with Crippen LogP contribution in [-0.4, -0.2) is 25.5 Å². The number of nitrogens with two attached hydrogens (primary N) is 1. The van der Waals surface area contributed by atoms with E-state index in [1.165, 1.54) is 4.68 Å². The Morgan fingerprint density at radius 2 is 1.81 bits per heavy atom. The molecule has 6 heteroatoms. The van der Waals surface area contributed by atoms with Crippen LogP contribution in [0.5, 0.6) is 0 Å². The summed E-state index contributed by atoms with van der Waals surface area (Å²) in [5.41, 5.74) is 10.1. The summed E-state index contributed by atoms with van der Waals surface area (Å²) in [6, 6.07) is 18.9. The van der Waals surface area contributed by atoms with Crippen LogP contribution in [-0.2, 0) is 0 Å². The third kappa shape index (κ3) is 2.88. The predicted octanol–water partition coefficient (Wildman–Crippen LogP) is 3.31. The molecule has 4 rings (SSSR count). The highest BCUT2D eigenvalue weighted by atomic mass is 16.2. The van der Waals surface area contributed by atoms with Gasteiger partial charge in [-0.25, -0.2) is 9.36 Å². The van der Waals surface area contributed by atoms with E-state index in [-0.39, 0.29) is 5.91 Å². The topological polar surface area (TPSA) is 78.7 Å². The Morgan fingerprint density at radius 3 is 2.58 bits per heavy atom. The molecule has 0 aliphatic heterocycles. The average Bonchev–Trinajstić information content (AvgIpc) is 3.29. The highest BCUT2D eigenvalue weighted by Gasteiger charge is 2.17. The Bertz CT molecular complexity index is 1080. The summed E-state index contributed by atoms with van der Waals surface area (Å²) in [6.07, 6.45) is 3.38. The van der Waals surface area contributed by atoms with Gasteiger partial charge in [0.1, 0.15) is 0 Å². The van der Waals surface area contributed by atoms with Crippen molar-refractivity contribution >= 4 is 11.6 Å². The number of para-hydroxylation sites is 1. The Labute approximate surface area is 150 Å². The molecule has 0 fully saturated rings. The fourth-order valence-electron chi connectivity index (χ4n) is 2.80. The van der Waals surface area contributed by atoms with Gasteiger partial charge >= 0.3 is 0 Å². The van der Waals surface area contributed by atoms with Crippen molar-refractivity contribution in [3.05, 3.63) is 84.3 Å². The van der Waals surface area contributed by atoms with Gasteiger partial charge in [0.05, 0.1) is 22.6 Å². The summed E-state index contributed by atoms with van der Waals surface area (Å²) in [4.78, 5) is 12.8. The number of hydrogen-bond donors (Lipinski definition) is 1. The number of hydrogen-bond acceptors (Lipinski definition) is 4. The largest absolute Gasteiger partial charge is 0.399 e. The van der Waals surface area contributed by atoms with Gasteiger partial charge in [0.2, 0.25) is 0 Å². The minimum atomic E-state index is -0.222. The molecule has 0 radical (unpaired) electrons. The molecule has 0 amide bonds. The van der Waals surface area contributed by atoms with E-state index >= 15 is 0 Å². The molecule has 2 heterocycles. The summed E-state index contributed by atoms with van der Waals surface area (Å²) in [7, 11) is 0. The zero-order valence-corrected chi connectivity index (χ0v) is 14.2. The second kappa shape index (κ2) is 6.33. The number of nitrogens with zero attached hydrogens (tertiary/aromatic N) is 4. The Morgan fingerprint density at radius 1 is 1.00 bits per heavy atom. The lowest BCUT2D eigenvalue weighted by Gasteiger charge is -2.00. The van der Waals surface area contributed by atoms with Crippen LogP contribution in [0.15, 0.2) is 73.1 Å². The van der Waals surface area contributed by atoms with Crippen LogP contribution < -0.4 is 5.73 Å². The van der Waals surface area contributed by atoms with E-state index in [1.54, 1.807) is 23.1 Å². The van der Waals surface area contributed by atoms with Gasteiger partial charge in [0, 0.05) is 23.6 Å². The van der Waals surface area contributed by atoms with Crippen molar-refractivity contribution in [3.63, 3.8) is 0 Å². The zero-order chi connectivity index (χ0) is 18.1. The lowest BCUT2D eigenvalue weighted by atomic mass is 10.1. The van der Waals surface area contributed by atoms with Crippen LogP contribution in [0, 0.1) is 6.92 Å². The number of aryl methyl sites for hydroxylation is 1. The first-order chi connectivity index (χ1) is 12.6. The maximum absolute atomic E-state index is 12.8. The van der Waals surface area contributed by atoms with E-state index in [1.807, 2.05) is 61.5 Å². The molecule has 0 aliphatic rings. The van der Waals surface area contributed by atoms with Crippen LogP contribution in [0.25, 0.3) is 16.9 Å². The SMILES string of the molecule is Cc1nn(-c2ccccc2)cc1C(=O)n1ccc(-c2cccc(N)c2)n1. The van der Waals surface area contributed by atoms with E-state index in [4.69, 9.17) is 5.73 Å². The fraction of sp³-hybridized carbons (Fsp3) is 0.0500. The molecule has 4 aromatic rings. The maximum Gasteiger partial charge on any atom is 0.281 e. The Balaban J connectivity index is 1.66. The van der Waals surface area contributed by atoms with Crippen molar-refractivity contribution in [2.45, 2.75) is 6.92 Å². The lowest BCUT2D eigenvalue weighted by molar-refractivity contribution is 0.0944.